The molecule has 0 aliphatic rings. The molecular weight excluding hydrogens is 300 g/mol. The number of unbranched alkanes of at least 4 members (excludes halogenated alkanes) is 8. The van der Waals surface area contributed by atoms with E-state index in [2.05, 4.69) is 37.3 Å². The highest BCUT2D eigenvalue weighted by Crippen LogP contribution is 2.10. The number of benzene rings is 1. The molecule has 0 bridgehead atoms. The van der Waals surface area contributed by atoms with Gasteiger partial charge in [0.15, 0.2) is 0 Å². The molecule has 0 radical (unpaired) electrons. The van der Waals surface area contributed by atoms with Crippen molar-refractivity contribution in [1.82, 2.24) is 0 Å². The number of carboxylic acids is 1. The second-order valence-electron chi connectivity index (χ2n) is 6.28. The zero-order chi connectivity index (χ0) is 17.9. The van der Waals surface area contributed by atoms with Crippen molar-refractivity contribution in [2.24, 2.45) is 0 Å². The fraction of sp³-hybridized carbons (Fsp3) is 0.667. The summed E-state index contributed by atoms with van der Waals surface area (Å²) in [5.74, 6) is -0.757. The number of rotatable bonds is 13. The SMILES string of the molecule is CCCCCCCCCc1ccccc1.O=C(O)CCCCCO. The lowest BCUT2D eigenvalue weighted by atomic mass is 10.0. The minimum atomic E-state index is -0.757. The minimum absolute atomic E-state index is 0.166. The van der Waals surface area contributed by atoms with E-state index in [4.69, 9.17) is 10.2 Å². The first-order valence-corrected chi connectivity index (χ1v) is 9.57. The van der Waals surface area contributed by atoms with E-state index >= 15 is 0 Å². The molecule has 0 aliphatic carbocycles. The number of carbonyl (C=O) groups is 1. The molecule has 0 atom stereocenters. The summed E-state index contributed by atoms with van der Waals surface area (Å²) >= 11 is 0. The second-order valence-corrected chi connectivity index (χ2v) is 6.28. The van der Waals surface area contributed by atoms with Crippen molar-refractivity contribution >= 4 is 5.97 Å². The summed E-state index contributed by atoms with van der Waals surface area (Å²) in [4.78, 5) is 9.90. The zero-order valence-corrected chi connectivity index (χ0v) is 15.4. The Morgan fingerprint density at radius 2 is 1.42 bits per heavy atom. The van der Waals surface area contributed by atoms with E-state index in [9.17, 15) is 4.79 Å². The highest BCUT2D eigenvalue weighted by Gasteiger charge is 1.94. The molecular formula is C21H36O3. The maximum absolute atomic E-state index is 9.90. The van der Waals surface area contributed by atoms with Gasteiger partial charge in [0.25, 0.3) is 0 Å². The Bertz CT molecular complexity index is 376. The summed E-state index contributed by atoms with van der Waals surface area (Å²) in [6, 6.07) is 10.8. The van der Waals surface area contributed by atoms with Gasteiger partial charge in [0, 0.05) is 13.0 Å². The topological polar surface area (TPSA) is 57.5 Å². The van der Waals surface area contributed by atoms with Gasteiger partial charge in [-0.2, -0.15) is 0 Å². The summed E-state index contributed by atoms with van der Waals surface area (Å²) in [5, 5.41) is 16.4. The highest BCUT2D eigenvalue weighted by molar-refractivity contribution is 5.66. The van der Waals surface area contributed by atoms with Crippen molar-refractivity contribution < 1.29 is 15.0 Å². The summed E-state index contributed by atoms with van der Waals surface area (Å²) < 4.78 is 0. The predicted molar refractivity (Wildman–Crippen MR) is 101 cm³/mol. The van der Waals surface area contributed by atoms with Crippen LogP contribution in [-0.4, -0.2) is 22.8 Å². The van der Waals surface area contributed by atoms with Crippen molar-refractivity contribution in [3.63, 3.8) is 0 Å². The standard InChI is InChI=1S/C15H24.C6H12O3/c1-2-3-4-5-6-7-9-12-15-13-10-8-11-14-15;7-5-3-1-2-4-6(8)9/h8,10-11,13-14H,2-7,9,12H2,1H3;7H,1-5H2,(H,8,9). The number of aliphatic hydroxyl groups excluding tert-OH is 1. The number of hydrogen-bond acceptors (Lipinski definition) is 2. The molecule has 3 nitrogen and oxygen atoms in total. The number of carboxylic acid groups (broad SMARTS) is 1. The Hall–Kier alpha value is -1.35. The molecule has 3 heteroatoms. The number of aryl methyl sites for hydroxylation is 1. The lowest BCUT2D eigenvalue weighted by Gasteiger charge is -2.01. The van der Waals surface area contributed by atoms with Crippen LogP contribution in [0, 0.1) is 0 Å². The van der Waals surface area contributed by atoms with Gasteiger partial charge >= 0.3 is 5.97 Å². The van der Waals surface area contributed by atoms with Gasteiger partial charge in [-0.3, -0.25) is 4.79 Å². The Balaban J connectivity index is 0.000000506. The summed E-state index contributed by atoms with van der Waals surface area (Å²) in [7, 11) is 0. The molecule has 0 unspecified atom stereocenters. The van der Waals surface area contributed by atoms with Gasteiger partial charge in [-0.05, 0) is 31.2 Å². The molecule has 0 aliphatic heterocycles. The monoisotopic (exact) mass is 336 g/mol. The van der Waals surface area contributed by atoms with E-state index in [1.54, 1.807) is 0 Å². The van der Waals surface area contributed by atoms with E-state index in [0.29, 0.717) is 12.8 Å². The van der Waals surface area contributed by atoms with Gasteiger partial charge in [0.2, 0.25) is 0 Å². The smallest absolute Gasteiger partial charge is 0.303 e. The molecule has 24 heavy (non-hydrogen) atoms. The third kappa shape index (κ3) is 17.0. The van der Waals surface area contributed by atoms with Crippen LogP contribution in [0.25, 0.3) is 0 Å². The van der Waals surface area contributed by atoms with Gasteiger partial charge in [0.1, 0.15) is 0 Å². The molecule has 2 N–H and O–H groups in total. The lowest BCUT2D eigenvalue weighted by Crippen LogP contribution is -1.94. The first-order valence-electron chi connectivity index (χ1n) is 9.57. The molecule has 0 fully saturated rings. The van der Waals surface area contributed by atoms with Crippen LogP contribution in [0.3, 0.4) is 0 Å². The molecule has 0 saturated carbocycles. The molecule has 0 amide bonds. The van der Waals surface area contributed by atoms with Crippen LogP contribution in [0.5, 0.6) is 0 Å². The molecule has 0 spiro atoms. The van der Waals surface area contributed by atoms with Crippen molar-refractivity contribution in [3.8, 4) is 0 Å². The number of hydrogen-bond donors (Lipinski definition) is 2. The molecule has 1 rings (SSSR count). The van der Waals surface area contributed by atoms with Gasteiger partial charge in [-0.1, -0.05) is 82.2 Å². The normalized spacial score (nSPS) is 10.1. The lowest BCUT2D eigenvalue weighted by molar-refractivity contribution is -0.137. The van der Waals surface area contributed by atoms with Gasteiger partial charge < -0.3 is 10.2 Å². The van der Waals surface area contributed by atoms with Crippen molar-refractivity contribution in [2.45, 2.75) is 84.0 Å². The third-order valence-electron chi connectivity index (χ3n) is 3.96. The van der Waals surface area contributed by atoms with Crippen molar-refractivity contribution in [1.29, 1.82) is 0 Å². The molecule has 138 valence electrons. The summed E-state index contributed by atoms with van der Waals surface area (Å²) in [6.07, 6.45) is 13.5. The fourth-order valence-corrected chi connectivity index (χ4v) is 2.50. The van der Waals surface area contributed by atoms with Crippen LogP contribution < -0.4 is 0 Å². The molecule has 0 aromatic heterocycles. The van der Waals surface area contributed by atoms with Gasteiger partial charge in [-0.15, -0.1) is 0 Å². The zero-order valence-electron chi connectivity index (χ0n) is 15.4. The molecule has 1 aromatic rings. The summed E-state index contributed by atoms with van der Waals surface area (Å²) in [5.41, 5.74) is 1.49. The van der Waals surface area contributed by atoms with Crippen LogP contribution in [0.15, 0.2) is 30.3 Å². The van der Waals surface area contributed by atoms with Crippen LogP contribution >= 0.6 is 0 Å². The predicted octanol–water partition coefficient (Wildman–Crippen LogP) is 5.60. The van der Waals surface area contributed by atoms with E-state index in [1.165, 1.54) is 56.9 Å². The summed E-state index contributed by atoms with van der Waals surface area (Å²) in [6.45, 7) is 2.44. The van der Waals surface area contributed by atoms with Gasteiger partial charge in [-0.25, -0.2) is 0 Å². The third-order valence-corrected chi connectivity index (χ3v) is 3.96. The average molecular weight is 337 g/mol. The quantitative estimate of drug-likeness (QED) is 0.461. The second kappa shape index (κ2) is 18.0. The first kappa shape index (κ1) is 22.6. The van der Waals surface area contributed by atoms with E-state index < -0.39 is 5.97 Å². The Kier molecular flexibility index (Phi) is 17.0. The van der Waals surface area contributed by atoms with Crippen LogP contribution in [0.2, 0.25) is 0 Å². The molecule has 0 heterocycles. The van der Waals surface area contributed by atoms with Gasteiger partial charge in [0.05, 0.1) is 0 Å². The maximum Gasteiger partial charge on any atom is 0.303 e. The van der Waals surface area contributed by atoms with E-state index in [0.717, 1.165) is 6.42 Å². The van der Waals surface area contributed by atoms with E-state index in [-0.39, 0.29) is 13.0 Å². The van der Waals surface area contributed by atoms with Crippen LogP contribution in [-0.2, 0) is 11.2 Å². The first-order chi connectivity index (χ1) is 11.7. The fourth-order valence-electron chi connectivity index (χ4n) is 2.50. The Morgan fingerprint density at radius 3 is 2.00 bits per heavy atom. The number of aliphatic carboxylic acids is 1. The number of aliphatic hydroxyl groups is 1. The van der Waals surface area contributed by atoms with Crippen LogP contribution in [0.1, 0.15) is 83.1 Å². The Labute approximate surface area is 148 Å². The average Bonchev–Trinajstić information content (AvgIpc) is 2.59. The van der Waals surface area contributed by atoms with Crippen LogP contribution in [0.4, 0.5) is 0 Å². The van der Waals surface area contributed by atoms with Crippen molar-refractivity contribution in [3.05, 3.63) is 35.9 Å². The van der Waals surface area contributed by atoms with E-state index in [1.807, 2.05) is 0 Å². The Morgan fingerprint density at radius 1 is 0.833 bits per heavy atom. The minimum Gasteiger partial charge on any atom is -0.481 e. The molecule has 1 aromatic carbocycles. The maximum atomic E-state index is 9.90. The molecule has 0 saturated heterocycles. The highest BCUT2D eigenvalue weighted by atomic mass is 16.4. The largest absolute Gasteiger partial charge is 0.481 e. The van der Waals surface area contributed by atoms with Crippen molar-refractivity contribution in [2.75, 3.05) is 6.61 Å².